The van der Waals surface area contributed by atoms with E-state index >= 15 is 0 Å². The van der Waals surface area contributed by atoms with E-state index in [1.54, 1.807) is 47.2 Å². The van der Waals surface area contributed by atoms with Crippen molar-refractivity contribution in [3.05, 3.63) is 132 Å². The molecular weight excluding hydrogens is 438 g/mol. The lowest BCUT2D eigenvalue weighted by molar-refractivity contribution is 0.0994. The SMILES string of the molecule is O=C(/C=C/c1cn(-c2ccccc2)nc1-c1ccccc1)c1cccc(NC(=O)c2ccco2)c1. The Balaban J connectivity index is 1.41. The smallest absolute Gasteiger partial charge is 0.291 e. The average Bonchev–Trinajstić information content (AvgIpc) is 3.59. The second-order valence-electron chi connectivity index (χ2n) is 7.79. The van der Waals surface area contributed by atoms with Crippen molar-refractivity contribution in [1.29, 1.82) is 0 Å². The van der Waals surface area contributed by atoms with Gasteiger partial charge in [-0.05, 0) is 48.6 Å². The van der Waals surface area contributed by atoms with Crippen LogP contribution in [-0.2, 0) is 0 Å². The van der Waals surface area contributed by atoms with Crippen LogP contribution in [0.4, 0.5) is 5.69 Å². The third-order valence-electron chi connectivity index (χ3n) is 5.37. The topological polar surface area (TPSA) is 77.1 Å². The highest BCUT2D eigenvalue weighted by molar-refractivity contribution is 6.08. The van der Waals surface area contributed by atoms with Gasteiger partial charge in [0.1, 0.15) is 0 Å². The van der Waals surface area contributed by atoms with Gasteiger partial charge in [0.2, 0.25) is 0 Å². The van der Waals surface area contributed by atoms with Gasteiger partial charge in [-0.15, -0.1) is 0 Å². The summed E-state index contributed by atoms with van der Waals surface area (Å²) in [6.07, 6.45) is 6.63. The first-order valence-electron chi connectivity index (χ1n) is 11.1. The largest absolute Gasteiger partial charge is 0.459 e. The summed E-state index contributed by atoms with van der Waals surface area (Å²) < 4.78 is 6.92. The number of ketones is 1. The van der Waals surface area contributed by atoms with Crippen molar-refractivity contribution in [1.82, 2.24) is 9.78 Å². The minimum absolute atomic E-state index is 0.189. The van der Waals surface area contributed by atoms with Crippen molar-refractivity contribution in [2.45, 2.75) is 0 Å². The van der Waals surface area contributed by atoms with E-state index in [1.807, 2.05) is 66.9 Å². The Morgan fingerprint density at radius 1 is 0.857 bits per heavy atom. The number of hydrogen-bond donors (Lipinski definition) is 1. The summed E-state index contributed by atoms with van der Waals surface area (Å²) in [4.78, 5) is 25.2. The van der Waals surface area contributed by atoms with E-state index in [0.29, 0.717) is 11.3 Å². The Morgan fingerprint density at radius 3 is 2.37 bits per heavy atom. The van der Waals surface area contributed by atoms with Gasteiger partial charge < -0.3 is 9.73 Å². The maximum absolute atomic E-state index is 13.0. The molecule has 0 aliphatic carbocycles. The molecule has 170 valence electrons. The van der Waals surface area contributed by atoms with Crippen molar-refractivity contribution < 1.29 is 14.0 Å². The molecule has 0 bridgehead atoms. The number of amides is 1. The molecule has 1 amide bonds. The zero-order valence-electron chi connectivity index (χ0n) is 18.7. The van der Waals surface area contributed by atoms with Crippen LogP contribution in [0.2, 0.25) is 0 Å². The number of nitrogens with one attached hydrogen (secondary N) is 1. The fourth-order valence-corrected chi connectivity index (χ4v) is 3.65. The molecule has 0 radical (unpaired) electrons. The van der Waals surface area contributed by atoms with Crippen molar-refractivity contribution in [3.63, 3.8) is 0 Å². The molecule has 0 atom stereocenters. The van der Waals surface area contributed by atoms with Gasteiger partial charge in [-0.2, -0.15) is 5.10 Å². The average molecular weight is 460 g/mol. The first kappa shape index (κ1) is 21.9. The molecule has 6 heteroatoms. The molecule has 2 aromatic heterocycles. The molecular formula is C29H21N3O3. The lowest BCUT2D eigenvalue weighted by atomic mass is 10.1. The Bertz CT molecular complexity index is 1490. The van der Waals surface area contributed by atoms with E-state index < -0.39 is 0 Å². The number of nitrogens with zero attached hydrogens (tertiary/aromatic N) is 2. The molecule has 1 N–H and O–H groups in total. The lowest BCUT2D eigenvalue weighted by Crippen LogP contribution is -2.11. The van der Waals surface area contributed by atoms with Crippen LogP contribution in [0.25, 0.3) is 23.0 Å². The van der Waals surface area contributed by atoms with E-state index in [4.69, 9.17) is 9.52 Å². The summed E-state index contributed by atoms with van der Waals surface area (Å²) in [5.74, 6) is -0.368. The lowest BCUT2D eigenvalue weighted by Gasteiger charge is -2.04. The predicted molar refractivity (Wildman–Crippen MR) is 135 cm³/mol. The number of carbonyl (C=O) groups excluding carboxylic acids is 2. The quantitative estimate of drug-likeness (QED) is 0.229. The molecule has 0 aliphatic rings. The molecule has 0 saturated heterocycles. The molecule has 5 rings (SSSR count). The minimum Gasteiger partial charge on any atom is -0.459 e. The maximum Gasteiger partial charge on any atom is 0.291 e. The first-order chi connectivity index (χ1) is 17.2. The number of rotatable bonds is 7. The molecule has 0 aliphatic heterocycles. The van der Waals surface area contributed by atoms with Crippen LogP contribution in [0.1, 0.15) is 26.5 Å². The summed E-state index contributed by atoms with van der Waals surface area (Å²) in [5, 5.41) is 7.51. The van der Waals surface area contributed by atoms with Crippen molar-refractivity contribution >= 4 is 23.5 Å². The van der Waals surface area contributed by atoms with Gasteiger partial charge in [-0.1, -0.05) is 60.7 Å². The minimum atomic E-state index is -0.379. The molecule has 0 saturated carbocycles. The normalized spacial score (nSPS) is 11.0. The van der Waals surface area contributed by atoms with Gasteiger partial charge >= 0.3 is 0 Å². The molecule has 0 unspecified atom stereocenters. The molecule has 2 heterocycles. The Hall–Kier alpha value is -4.97. The van der Waals surface area contributed by atoms with E-state index in [0.717, 1.165) is 22.5 Å². The maximum atomic E-state index is 13.0. The summed E-state index contributed by atoms with van der Waals surface area (Å²) in [5.41, 5.74) is 4.43. The summed E-state index contributed by atoms with van der Waals surface area (Å²) in [7, 11) is 0. The van der Waals surface area contributed by atoms with E-state index in [9.17, 15) is 9.59 Å². The highest BCUT2D eigenvalue weighted by atomic mass is 16.3. The van der Waals surface area contributed by atoms with Gasteiger partial charge in [-0.25, -0.2) is 4.68 Å². The molecule has 5 aromatic rings. The van der Waals surface area contributed by atoms with E-state index in [-0.39, 0.29) is 17.5 Å². The van der Waals surface area contributed by atoms with E-state index in [1.165, 1.54) is 12.3 Å². The van der Waals surface area contributed by atoms with Crippen LogP contribution in [-0.4, -0.2) is 21.5 Å². The molecule has 35 heavy (non-hydrogen) atoms. The van der Waals surface area contributed by atoms with Crippen LogP contribution in [0.3, 0.4) is 0 Å². The van der Waals surface area contributed by atoms with Gasteiger partial charge in [0, 0.05) is 28.6 Å². The second kappa shape index (κ2) is 9.89. The number of allylic oxidation sites excluding steroid dienone is 1. The Labute approximate surface area is 202 Å². The van der Waals surface area contributed by atoms with Crippen LogP contribution < -0.4 is 5.32 Å². The predicted octanol–water partition coefficient (Wildman–Crippen LogP) is 6.28. The zero-order valence-corrected chi connectivity index (χ0v) is 18.7. The van der Waals surface area contributed by atoms with Crippen molar-refractivity contribution in [2.75, 3.05) is 5.32 Å². The number of aromatic nitrogens is 2. The highest BCUT2D eigenvalue weighted by Gasteiger charge is 2.12. The summed E-state index contributed by atoms with van der Waals surface area (Å²) in [6.45, 7) is 0. The highest BCUT2D eigenvalue weighted by Crippen LogP contribution is 2.25. The van der Waals surface area contributed by atoms with Crippen molar-refractivity contribution in [3.8, 4) is 16.9 Å². The summed E-state index contributed by atoms with van der Waals surface area (Å²) >= 11 is 0. The van der Waals surface area contributed by atoms with Crippen LogP contribution in [0.5, 0.6) is 0 Å². The number of hydrogen-bond acceptors (Lipinski definition) is 4. The Kier molecular flexibility index (Phi) is 6.17. The fraction of sp³-hybridized carbons (Fsp3) is 0. The second-order valence-corrected chi connectivity index (χ2v) is 7.79. The number of anilines is 1. The van der Waals surface area contributed by atoms with Crippen LogP contribution in [0, 0.1) is 0 Å². The van der Waals surface area contributed by atoms with Gasteiger partial charge in [0.05, 0.1) is 17.6 Å². The first-order valence-corrected chi connectivity index (χ1v) is 11.1. The zero-order chi connectivity index (χ0) is 24.0. The number of benzene rings is 3. The van der Waals surface area contributed by atoms with Crippen LogP contribution >= 0.6 is 0 Å². The third-order valence-corrected chi connectivity index (χ3v) is 5.37. The molecule has 6 nitrogen and oxygen atoms in total. The van der Waals surface area contributed by atoms with Gasteiger partial charge in [-0.3, -0.25) is 9.59 Å². The standard InChI is InChI=1S/C29H21N3O3/c33-26(22-11-7-12-24(19-22)30-29(34)27-15-8-18-35-27)17-16-23-20-32(25-13-5-2-6-14-25)31-28(23)21-9-3-1-4-10-21/h1-20H,(H,30,34)/b17-16+. The fourth-order valence-electron chi connectivity index (χ4n) is 3.65. The molecule has 0 fully saturated rings. The van der Waals surface area contributed by atoms with Crippen LogP contribution in [0.15, 0.2) is 120 Å². The molecule has 0 spiro atoms. The molecule has 3 aromatic carbocycles. The number of para-hydroxylation sites is 1. The third kappa shape index (κ3) is 5.02. The summed E-state index contributed by atoms with van der Waals surface area (Å²) in [6, 6.07) is 29.7. The number of furan rings is 1. The van der Waals surface area contributed by atoms with Crippen molar-refractivity contribution in [2.24, 2.45) is 0 Å². The number of carbonyl (C=O) groups is 2. The van der Waals surface area contributed by atoms with Gasteiger partial charge in [0.25, 0.3) is 5.91 Å². The Morgan fingerprint density at radius 2 is 1.63 bits per heavy atom. The van der Waals surface area contributed by atoms with Gasteiger partial charge in [0.15, 0.2) is 11.5 Å². The monoisotopic (exact) mass is 459 g/mol. The van der Waals surface area contributed by atoms with E-state index in [2.05, 4.69) is 5.32 Å².